The lowest BCUT2D eigenvalue weighted by molar-refractivity contribution is -0.117. The standard InChI is InChI=1S/C23H29FN2O/c1-15-10-20(11-16(2)22(15)25-21(27)13-23(3,4)5)26-9-8-17-12-19(24)7-6-18(17)14-26/h6-7,10-12H,8-9,13-14H2,1-5H3,(H,25,27)/i8D2. The quantitative estimate of drug-likeness (QED) is 0.787. The Morgan fingerprint density at radius 1 is 1.19 bits per heavy atom. The molecule has 1 aliphatic heterocycles. The van der Waals surface area contributed by atoms with Crippen molar-refractivity contribution >= 4 is 17.3 Å². The summed E-state index contributed by atoms with van der Waals surface area (Å²) in [4.78, 5) is 14.3. The Bertz CT molecular complexity index is 927. The molecule has 0 aromatic heterocycles. The highest BCUT2D eigenvalue weighted by Gasteiger charge is 2.20. The second-order valence-electron chi connectivity index (χ2n) is 8.57. The average molecular weight is 371 g/mol. The molecule has 0 bridgehead atoms. The number of rotatable bonds is 3. The fraction of sp³-hybridized carbons (Fsp3) is 0.435. The van der Waals surface area contributed by atoms with Crippen molar-refractivity contribution in [3.05, 3.63) is 58.4 Å². The van der Waals surface area contributed by atoms with E-state index < -0.39 is 12.2 Å². The van der Waals surface area contributed by atoms with Crippen LogP contribution in [0, 0.1) is 25.1 Å². The maximum Gasteiger partial charge on any atom is 0.224 e. The Labute approximate surface area is 164 Å². The van der Waals surface area contributed by atoms with Gasteiger partial charge in [0.2, 0.25) is 5.91 Å². The highest BCUT2D eigenvalue weighted by molar-refractivity contribution is 5.93. The third-order valence-electron chi connectivity index (χ3n) is 4.73. The smallest absolute Gasteiger partial charge is 0.224 e. The van der Waals surface area contributed by atoms with E-state index in [1.165, 1.54) is 12.1 Å². The maximum absolute atomic E-state index is 13.6. The molecular weight excluding hydrogens is 339 g/mol. The fourth-order valence-electron chi connectivity index (χ4n) is 3.46. The van der Waals surface area contributed by atoms with Gasteiger partial charge in [0, 0.05) is 33.6 Å². The van der Waals surface area contributed by atoms with Crippen LogP contribution in [0.3, 0.4) is 0 Å². The topological polar surface area (TPSA) is 32.3 Å². The van der Waals surface area contributed by atoms with Crippen LogP contribution in [0.5, 0.6) is 0 Å². The predicted molar refractivity (Wildman–Crippen MR) is 110 cm³/mol. The molecular formula is C23H29FN2O. The normalized spacial score (nSPS) is 17.0. The minimum absolute atomic E-state index is 0.0123. The number of fused-ring (bicyclic) bond motifs is 1. The van der Waals surface area contributed by atoms with Gasteiger partial charge >= 0.3 is 0 Å². The van der Waals surface area contributed by atoms with Gasteiger partial charge in [-0.2, -0.15) is 0 Å². The molecule has 1 N–H and O–H groups in total. The first-order chi connectivity index (χ1) is 13.4. The van der Waals surface area contributed by atoms with Crippen LogP contribution >= 0.6 is 0 Å². The number of halogens is 1. The van der Waals surface area contributed by atoms with Gasteiger partial charge in [0.25, 0.3) is 0 Å². The molecule has 2 aromatic rings. The zero-order valence-electron chi connectivity index (χ0n) is 18.7. The molecule has 0 radical (unpaired) electrons. The van der Waals surface area contributed by atoms with Crippen molar-refractivity contribution < 1.29 is 11.9 Å². The first kappa shape index (κ1) is 16.8. The van der Waals surface area contributed by atoms with Crippen molar-refractivity contribution in [3.63, 3.8) is 0 Å². The molecule has 4 heteroatoms. The van der Waals surface area contributed by atoms with Crippen LogP contribution in [0.25, 0.3) is 0 Å². The van der Waals surface area contributed by atoms with E-state index in [-0.39, 0.29) is 17.9 Å². The summed E-state index contributed by atoms with van der Waals surface area (Å²) in [5.74, 6) is -0.426. The third-order valence-corrected chi connectivity index (χ3v) is 4.73. The van der Waals surface area contributed by atoms with E-state index in [0.29, 0.717) is 18.5 Å². The highest BCUT2D eigenvalue weighted by atomic mass is 19.1. The van der Waals surface area contributed by atoms with Crippen molar-refractivity contribution in [1.82, 2.24) is 0 Å². The molecule has 3 nitrogen and oxygen atoms in total. The SMILES string of the molecule is [2H]C1([2H])CN(c2cc(C)c(NC(=O)CC(C)(C)C)c(C)c2)Cc2ccc(F)cc21. The van der Waals surface area contributed by atoms with Crippen LogP contribution in [0.15, 0.2) is 30.3 Å². The number of hydrogen-bond donors (Lipinski definition) is 1. The van der Waals surface area contributed by atoms with Gasteiger partial charge in [-0.15, -0.1) is 0 Å². The van der Waals surface area contributed by atoms with Crippen molar-refractivity contribution in [1.29, 1.82) is 0 Å². The molecule has 0 fully saturated rings. The van der Waals surface area contributed by atoms with Gasteiger partial charge < -0.3 is 10.2 Å². The predicted octanol–water partition coefficient (Wildman–Crippen LogP) is 5.38. The van der Waals surface area contributed by atoms with Crippen molar-refractivity contribution in [2.24, 2.45) is 5.41 Å². The minimum atomic E-state index is -1.64. The number of aryl methyl sites for hydroxylation is 2. The lowest BCUT2D eigenvalue weighted by Gasteiger charge is -2.31. The fourth-order valence-corrected chi connectivity index (χ4v) is 3.46. The van der Waals surface area contributed by atoms with E-state index in [1.807, 2.05) is 51.7 Å². The molecule has 0 spiro atoms. The molecule has 0 aliphatic carbocycles. The van der Waals surface area contributed by atoms with Crippen LogP contribution in [0.2, 0.25) is 0 Å². The highest BCUT2D eigenvalue weighted by Crippen LogP contribution is 2.31. The van der Waals surface area contributed by atoms with Crippen molar-refractivity contribution in [2.75, 3.05) is 16.8 Å². The summed E-state index contributed by atoms with van der Waals surface area (Å²) in [6.07, 6.45) is -1.20. The zero-order valence-corrected chi connectivity index (χ0v) is 16.7. The van der Waals surface area contributed by atoms with Crippen LogP contribution in [0.4, 0.5) is 15.8 Å². The summed E-state index contributed by atoms with van der Waals surface area (Å²) >= 11 is 0. The molecule has 0 atom stereocenters. The van der Waals surface area contributed by atoms with Gasteiger partial charge in [-0.25, -0.2) is 4.39 Å². The molecule has 27 heavy (non-hydrogen) atoms. The number of nitrogens with zero attached hydrogens (tertiary/aromatic N) is 1. The number of anilines is 2. The third kappa shape index (κ3) is 4.68. The van der Waals surface area contributed by atoms with Gasteiger partial charge in [0.15, 0.2) is 0 Å². The molecule has 1 heterocycles. The summed E-state index contributed by atoms with van der Waals surface area (Å²) in [5.41, 5.74) is 4.71. The minimum Gasteiger partial charge on any atom is -0.367 e. The zero-order chi connectivity index (χ0) is 21.6. The molecule has 1 amide bonds. The first-order valence-electron chi connectivity index (χ1n) is 10.3. The summed E-state index contributed by atoms with van der Waals surface area (Å²) < 4.78 is 30.4. The second kappa shape index (κ2) is 7.34. The summed E-state index contributed by atoms with van der Waals surface area (Å²) in [6, 6.07) is 8.30. The van der Waals surface area contributed by atoms with Crippen molar-refractivity contribution in [2.45, 2.75) is 54.0 Å². The van der Waals surface area contributed by atoms with Crippen LogP contribution < -0.4 is 10.2 Å². The Morgan fingerprint density at radius 2 is 1.85 bits per heavy atom. The molecule has 0 saturated carbocycles. The summed E-state index contributed by atoms with van der Waals surface area (Å²) in [7, 11) is 0. The number of nitrogens with one attached hydrogen (secondary N) is 1. The Morgan fingerprint density at radius 3 is 2.48 bits per heavy atom. The lowest BCUT2D eigenvalue weighted by atomic mass is 9.92. The first-order valence-corrected chi connectivity index (χ1v) is 9.31. The summed E-state index contributed by atoms with van der Waals surface area (Å²) in [6.45, 7) is 10.7. The van der Waals surface area contributed by atoms with E-state index in [4.69, 9.17) is 2.74 Å². The maximum atomic E-state index is 13.6. The van der Waals surface area contributed by atoms with E-state index in [0.717, 1.165) is 28.1 Å². The number of hydrogen-bond acceptors (Lipinski definition) is 2. The molecule has 0 saturated heterocycles. The molecule has 0 unspecified atom stereocenters. The number of carbonyl (C=O) groups is 1. The van der Waals surface area contributed by atoms with Gasteiger partial charge in [-0.1, -0.05) is 26.8 Å². The Kier molecular flexibility index (Phi) is 4.56. The van der Waals surface area contributed by atoms with Crippen LogP contribution in [-0.4, -0.2) is 12.5 Å². The lowest BCUT2D eigenvalue weighted by Crippen LogP contribution is -2.30. The number of amides is 1. The van der Waals surface area contributed by atoms with Crippen LogP contribution in [-0.2, 0) is 17.7 Å². The van der Waals surface area contributed by atoms with Crippen molar-refractivity contribution in [3.8, 4) is 0 Å². The van der Waals surface area contributed by atoms with E-state index >= 15 is 0 Å². The van der Waals surface area contributed by atoms with Gasteiger partial charge in [-0.05, 0) is 72.2 Å². The summed E-state index contributed by atoms with van der Waals surface area (Å²) in [5, 5.41) is 3.03. The van der Waals surface area contributed by atoms with Gasteiger partial charge in [-0.3, -0.25) is 4.79 Å². The van der Waals surface area contributed by atoms with E-state index in [9.17, 15) is 9.18 Å². The van der Waals surface area contributed by atoms with E-state index in [2.05, 4.69) is 5.32 Å². The monoisotopic (exact) mass is 370 g/mol. The van der Waals surface area contributed by atoms with Gasteiger partial charge in [0.1, 0.15) is 5.82 Å². The Hall–Kier alpha value is -2.36. The molecule has 144 valence electrons. The molecule has 3 rings (SSSR count). The molecule has 2 aromatic carbocycles. The van der Waals surface area contributed by atoms with Crippen LogP contribution in [0.1, 0.15) is 52.2 Å². The Balaban J connectivity index is 1.87. The number of carbonyl (C=O) groups excluding carboxylic acids is 1. The largest absolute Gasteiger partial charge is 0.367 e. The van der Waals surface area contributed by atoms with E-state index in [1.54, 1.807) is 6.07 Å². The number of benzene rings is 2. The van der Waals surface area contributed by atoms with Gasteiger partial charge in [0.05, 0.1) is 0 Å². The average Bonchev–Trinajstić information content (AvgIpc) is 2.56. The second-order valence-corrected chi connectivity index (χ2v) is 8.57. The molecule has 1 aliphatic rings.